The number of nitrogens with zero attached hydrogens (tertiary/aromatic N) is 4. The Morgan fingerprint density at radius 1 is 0.818 bits per heavy atom. The molecule has 0 spiro atoms. The number of hydrogen-bond donors (Lipinski definition) is 9. The van der Waals surface area contributed by atoms with E-state index in [9.17, 15) is 59.4 Å². The smallest absolute Gasteiger partial charge is 0.407 e. The van der Waals surface area contributed by atoms with Crippen LogP contribution in [0.3, 0.4) is 0 Å². The normalized spacial score (nSPS) is 35.1. The number of amides is 3. The van der Waals surface area contributed by atoms with Crippen LogP contribution in [-0.2, 0) is 62.4 Å². The molecule has 3 amide bonds. The van der Waals surface area contributed by atoms with E-state index < -0.39 is 102 Å². The molecule has 7 aliphatic carbocycles. The summed E-state index contributed by atoms with van der Waals surface area (Å²) in [5, 5.41) is 87.5. The summed E-state index contributed by atoms with van der Waals surface area (Å²) in [4.78, 5) is 78.2. The summed E-state index contributed by atoms with van der Waals surface area (Å²) in [7, 11) is 0. The number of allylic oxidation sites excluding steroid dienone is 4. The number of fused-ring (bicyclic) bond motifs is 10. The van der Waals surface area contributed by atoms with Crippen LogP contribution in [-0.4, -0.2) is 154 Å². The van der Waals surface area contributed by atoms with E-state index in [4.69, 9.17) is 23.7 Å². The lowest BCUT2D eigenvalue weighted by atomic mass is 9.46. The van der Waals surface area contributed by atoms with Gasteiger partial charge in [0.2, 0.25) is 23.9 Å². The minimum Gasteiger partial charge on any atom is -0.479 e. The highest BCUT2D eigenvalue weighted by Crippen LogP contribution is 2.70. The molecule has 3 heterocycles. The maximum atomic E-state index is 14.1. The first-order valence-corrected chi connectivity index (χ1v) is 30.2. The first-order valence-electron chi connectivity index (χ1n) is 30.2. The van der Waals surface area contributed by atoms with Crippen LogP contribution in [0.4, 0.5) is 10.5 Å². The Morgan fingerprint density at radius 2 is 1.52 bits per heavy atom. The molecule has 24 nitrogen and oxygen atoms in total. The predicted molar refractivity (Wildman–Crippen MR) is 308 cm³/mol. The molecule has 24 heteroatoms. The van der Waals surface area contributed by atoms with E-state index in [2.05, 4.69) is 55.4 Å². The zero-order chi connectivity index (χ0) is 61.9. The summed E-state index contributed by atoms with van der Waals surface area (Å²) in [5.41, 5.74) is 1.45. The summed E-state index contributed by atoms with van der Waals surface area (Å²) in [6.07, 6.45) is 1.75. The second-order valence-electron chi connectivity index (χ2n) is 25.8. The van der Waals surface area contributed by atoms with Crippen molar-refractivity contribution >= 4 is 41.1 Å². The number of hydrogen-bond acceptors (Lipinski definition) is 20. The largest absolute Gasteiger partial charge is 0.479 e. The van der Waals surface area contributed by atoms with Crippen molar-refractivity contribution in [3.8, 4) is 17.1 Å². The average molecular weight is 1210 g/mol. The van der Waals surface area contributed by atoms with Crippen molar-refractivity contribution < 1.29 is 83.1 Å². The van der Waals surface area contributed by atoms with Gasteiger partial charge in [-0.1, -0.05) is 80.1 Å². The molecular weight excluding hydrogens is 1140 g/mol. The number of aliphatic hydroxyl groups excluding tert-OH is 5. The van der Waals surface area contributed by atoms with Gasteiger partial charge in [0.05, 0.1) is 24.3 Å². The second-order valence-corrected chi connectivity index (χ2v) is 25.8. The van der Waals surface area contributed by atoms with Crippen LogP contribution in [0.15, 0.2) is 96.9 Å². The molecule has 2 aliphatic heterocycles. The topological polar surface area (TPSA) is 358 Å². The zero-order valence-corrected chi connectivity index (χ0v) is 48.8. The molecule has 8 fully saturated rings. The molecule has 1 aromatic heterocycles. The lowest BCUT2D eigenvalue weighted by Crippen LogP contribution is -2.63. The highest BCUT2D eigenvalue weighted by molar-refractivity contribution is 6.01. The molecule has 4 aromatic rings. The average Bonchev–Trinajstić information content (AvgIpc) is 1.48. The van der Waals surface area contributed by atoms with E-state index in [-0.39, 0.29) is 72.3 Å². The summed E-state index contributed by atoms with van der Waals surface area (Å²) in [5.74, 6) is -2.94. The third-order valence-corrected chi connectivity index (χ3v) is 20.8. The van der Waals surface area contributed by atoms with E-state index in [1.54, 1.807) is 36.4 Å². The van der Waals surface area contributed by atoms with Gasteiger partial charge in [-0.15, -0.1) is 20.4 Å². The van der Waals surface area contributed by atoms with Gasteiger partial charge in [0.1, 0.15) is 37.3 Å². The lowest BCUT2D eigenvalue weighted by Gasteiger charge is -2.59. The number of nitrogens with one attached hydrogen (secondary N) is 3. The Labute approximate surface area is 506 Å². The Balaban J connectivity index is 0.646. The Kier molecular flexibility index (Phi) is 16.5. The second kappa shape index (κ2) is 23.8. The number of ketones is 2. The van der Waals surface area contributed by atoms with Crippen LogP contribution in [0.2, 0.25) is 0 Å². The molecular formula is C64H73N7O17. The van der Waals surface area contributed by atoms with Gasteiger partial charge in [0.25, 0.3) is 0 Å². The van der Waals surface area contributed by atoms with E-state index in [0.29, 0.717) is 35.4 Å². The fourth-order valence-corrected chi connectivity index (χ4v) is 16.2. The number of benzene rings is 3. The number of carboxylic acid groups (broad SMARTS) is 1. The minimum absolute atomic E-state index is 0.000516. The molecule has 14 atom stereocenters. The van der Waals surface area contributed by atoms with Crippen molar-refractivity contribution in [3.63, 3.8) is 0 Å². The summed E-state index contributed by atoms with van der Waals surface area (Å²) in [6, 6.07) is 19.4. The zero-order valence-electron chi connectivity index (χ0n) is 48.8. The first-order chi connectivity index (χ1) is 42.1. The number of aliphatic hydroxyl groups is 5. The number of anilines is 1. The number of carbonyl (C=O) groups is 6. The van der Waals surface area contributed by atoms with Gasteiger partial charge in [-0.05, 0) is 129 Å². The van der Waals surface area contributed by atoms with Crippen molar-refractivity contribution in [2.45, 2.75) is 164 Å². The molecule has 9 N–H and O–H groups in total. The number of aromatic nitrogens is 4. The van der Waals surface area contributed by atoms with Gasteiger partial charge in [0, 0.05) is 46.4 Å². The predicted octanol–water partition coefficient (Wildman–Crippen LogP) is 4.06. The first kappa shape index (κ1) is 60.8. The number of Topliss-reactive ketones (excluding diaryl/α,β-unsaturated/α-hetero) is 1. The van der Waals surface area contributed by atoms with Crippen LogP contribution >= 0.6 is 0 Å². The summed E-state index contributed by atoms with van der Waals surface area (Å²) >= 11 is 0. The van der Waals surface area contributed by atoms with Crippen LogP contribution < -0.4 is 20.7 Å². The van der Waals surface area contributed by atoms with Crippen molar-refractivity contribution in [1.82, 2.24) is 31.0 Å². The number of aliphatic carboxylic acids is 1. The molecule has 9 aliphatic rings. The van der Waals surface area contributed by atoms with Gasteiger partial charge < -0.3 is 70.3 Å². The fraction of sp³-hybridized carbons (Fsp3) is 0.531. The number of rotatable bonds is 18. The highest BCUT2D eigenvalue weighted by Gasteiger charge is 2.76. The van der Waals surface area contributed by atoms with Crippen LogP contribution in [0.25, 0.3) is 11.4 Å². The van der Waals surface area contributed by atoms with Crippen molar-refractivity contribution in [2.75, 3.05) is 18.5 Å². The van der Waals surface area contributed by atoms with E-state index >= 15 is 0 Å². The molecule has 13 rings (SSSR count). The van der Waals surface area contributed by atoms with E-state index in [0.717, 1.165) is 74.5 Å². The Morgan fingerprint density at radius 3 is 2.23 bits per heavy atom. The molecule has 0 unspecified atom stereocenters. The molecule has 0 radical (unpaired) electrons. The Bertz CT molecular complexity index is 3400. The van der Waals surface area contributed by atoms with Crippen LogP contribution in [0.5, 0.6) is 5.75 Å². The number of carbonyl (C=O) groups excluding carboxylic acids is 5. The van der Waals surface area contributed by atoms with Crippen molar-refractivity contribution in [3.05, 3.63) is 119 Å². The molecule has 2 bridgehead atoms. The lowest BCUT2D eigenvalue weighted by molar-refractivity contribution is -0.271. The van der Waals surface area contributed by atoms with Gasteiger partial charge in [-0.3, -0.25) is 19.2 Å². The maximum Gasteiger partial charge on any atom is 0.407 e. The quantitative estimate of drug-likeness (QED) is 0.0678. The number of alkyl carbamates (subject to hydrolysis) is 1. The Hall–Kier alpha value is -7.42. The van der Waals surface area contributed by atoms with E-state index in [1.807, 2.05) is 25.1 Å². The highest BCUT2D eigenvalue weighted by atomic mass is 16.7. The van der Waals surface area contributed by atoms with Crippen molar-refractivity contribution in [2.24, 2.45) is 34.0 Å². The third-order valence-electron chi connectivity index (χ3n) is 20.8. The van der Waals surface area contributed by atoms with Gasteiger partial charge in [0.15, 0.2) is 35.9 Å². The molecule has 6 saturated carbocycles. The van der Waals surface area contributed by atoms with E-state index in [1.165, 1.54) is 24.5 Å². The maximum absolute atomic E-state index is 14.1. The monoisotopic (exact) mass is 1210 g/mol. The molecule has 88 heavy (non-hydrogen) atoms. The van der Waals surface area contributed by atoms with Gasteiger partial charge in [-0.2, -0.15) is 0 Å². The number of carboxylic acids is 1. The summed E-state index contributed by atoms with van der Waals surface area (Å²) in [6.45, 7) is 3.11. The van der Waals surface area contributed by atoms with Crippen LogP contribution in [0, 0.1) is 34.0 Å². The molecule has 3 aromatic carbocycles. The number of ether oxygens (including phenoxy) is 5. The fourth-order valence-electron chi connectivity index (χ4n) is 16.2. The molecule has 2 saturated heterocycles. The van der Waals surface area contributed by atoms with Gasteiger partial charge in [-0.25, -0.2) is 9.59 Å². The third kappa shape index (κ3) is 11.2. The SMILES string of the molecule is C[C@]12C=CC(=O)C=C1CC[C@@H]1[C@@H]2[C@@H](O)C[C@@]2(C)[C@H]1C[C@H]1O[C@@H](c3ccc(CC45CCC(NC(=O)OCc6ccc(O[C@@H]7O[C@H](C(=O)O)[C@@H](O)[C@H](O)[C@H]7O)c(NC(=O)CCNC(=O)Cc7ccc(-c8nncnn8)cc7)c6)(CC4)CC5)cc3)O[C@]12C(=O)CO. The van der Waals surface area contributed by atoms with Crippen LogP contribution in [0.1, 0.15) is 113 Å². The van der Waals surface area contributed by atoms with Gasteiger partial charge >= 0.3 is 12.1 Å². The minimum atomic E-state index is -1.97. The summed E-state index contributed by atoms with van der Waals surface area (Å²) < 4.78 is 30.5. The molecule has 466 valence electrons. The van der Waals surface area contributed by atoms with Crippen molar-refractivity contribution in [1.29, 1.82) is 0 Å². The standard InChI is InChI=1S/C64H73N7O17/c1-60-17-15-40(73)27-39(60)12-13-41-42-28-47-64(46(75)31-72,61(42,2)30-44(74)50(41)60)88-57(86-47)38-10-5-35(6-11-38)29-62-18-21-63(22-19-62,23-20-62)69-59(83)84-32-36-7-14-45(85-58-53(80)51(78)52(79)54(87-58)56(81)82)43(25-36)68-48(76)16-24-65-49(77)26-34-3-8-37(9-4-34)55-70-66-33-67-71-55/h3-11,14-15,17,25,27,33,41-42,44,47,50-54,57-58,72,74,78-80H,12-13,16,18-24,26,28-32H2,1-2H3,(H,65,77)(H,68,76)(H,69,83)(H,81,82)/t41-,42-,44-,47+,50+,51-,52-,53+,54-,57+,58+,60-,61-,62?,63?,64+/m0/s1.